The fraction of sp³-hybridized carbons (Fsp3) is 0.312. The number of nitrogens with zero attached hydrogens (tertiary/aromatic N) is 3. The molecule has 0 spiro atoms. The second-order valence-electron chi connectivity index (χ2n) is 5.73. The number of carbonyl (C=O) groups excluding carboxylic acids is 1. The summed E-state index contributed by atoms with van der Waals surface area (Å²) in [6.07, 6.45) is 2.46. The molecule has 1 fully saturated rings. The molecule has 1 amide bonds. The first kappa shape index (κ1) is 15.3. The molecule has 0 bridgehead atoms. The summed E-state index contributed by atoms with van der Waals surface area (Å²) >= 11 is 3.06. The first-order chi connectivity index (χ1) is 11.7. The number of nitrogen functional groups attached to an aromatic ring is 1. The molecule has 3 aromatic rings. The van der Waals surface area contributed by atoms with Crippen LogP contribution in [0.5, 0.6) is 0 Å². The molecule has 8 heteroatoms. The number of aromatic nitrogens is 2. The molecule has 1 aromatic carbocycles. The van der Waals surface area contributed by atoms with Crippen LogP contribution in [0.1, 0.15) is 28.9 Å². The molecule has 0 unspecified atom stereocenters. The van der Waals surface area contributed by atoms with Crippen molar-refractivity contribution in [2.24, 2.45) is 0 Å². The van der Waals surface area contributed by atoms with E-state index in [0.717, 1.165) is 34.1 Å². The second kappa shape index (κ2) is 6.37. The maximum Gasteiger partial charge on any atom is 0.251 e. The average Bonchev–Trinajstić information content (AvgIpc) is 3.30. The molecule has 0 atom stereocenters. The molecular weight excluding hydrogens is 342 g/mol. The van der Waals surface area contributed by atoms with Crippen molar-refractivity contribution >= 4 is 49.1 Å². The Morgan fingerprint density at radius 2 is 2.12 bits per heavy atom. The minimum Gasteiger partial charge on any atom is -0.375 e. The van der Waals surface area contributed by atoms with Gasteiger partial charge in [-0.2, -0.15) is 0 Å². The summed E-state index contributed by atoms with van der Waals surface area (Å²) in [5.74, 6) is -0.126. The molecule has 24 heavy (non-hydrogen) atoms. The van der Waals surface area contributed by atoms with Gasteiger partial charge in [-0.3, -0.25) is 4.79 Å². The van der Waals surface area contributed by atoms with E-state index in [1.165, 1.54) is 24.2 Å². The Morgan fingerprint density at radius 1 is 1.29 bits per heavy atom. The van der Waals surface area contributed by atoms with Gasteiger partial charge in [-0.25, -0.2) is 9.97 Å². The van der Waals surface area contributed by atoms with E-state index in [9.17, 15) is 4.79 Å². The monoisotopic (exact) mass is 359 g/mol. The first-order valence-corrected chi connectivity index (χ1v) is 9.52. The summed E-state index contributed by atoms with van der Waals surface area (Å²) in [7, 11) is 0. The highest BCUT2D eigenvalue weighted by Gasteiger charge is 2.16. The van der Waals surface area contributed by atoms with Crippen LogP contribution < -0.4 is 16.0 Å². The van der Waals surface area contributed by atoms with Gasteiger partial charge in [0.1, 0.15) is 0 Å². The average molecular weight is 359 g/mol. The highest BCUT2D eigenvalue weighted by molar-refractivity contribution is 7.22. The number of fused-ring (bicyclic) bond motifs is 1. The Labute approximate surface area is 147 Å². The van der Waals surface area contributed by atoms with E-state index >= 15 is 0 Å². The van der Waals surface area contributed by atoms with Crippen molar-refractivity contribution in [3.8, 4) is 0 Å². The third kappa shape index (κ3) is 3.07. The SMILES string of the molecule is Nc1nc2cc(C(=O)NCc3csc(N4CCCC4)n3)ccc2s1. The largest absolute Gasteiger partial charge is 0.375 e. The normalized spacial score (nSPS) is 14.4. The summed E-state index contributed by atoms with van der Waals surface area (Å²) in [4.78, 5) is 23.5. The fourth-order valence-corrected chi connectivity index (χ4v) is 4.38. The van der Waals surface area contributed by atoms with Crippen molar-refractivity contribution in [3.63, 3.8) is 0 Å². The number of amides is 1. The molecule has 3 N–H and O–H groups in total. The molecule has 2 aromatic heterocycles. The molecule has 0 radical (unpaired) electrons. The Hall–Kier alpha value is -2.19. The smallest absolute Gasteiger partial charge is 0.251 e. The molecule has 1 saturated heterocycles. The number of benzene rings is 1. The van der Waals surface area contributed by atoms with Crippen LogP contribution >= 0.6 is 22.7 Å². The Bertz CT molecular complexity index is 882. The highest BCUT2D eigenvalue weighted by Crippen LogP contribution is 2.25. The lowest BCUT2D eigenvalue weighted by molar-refractivity contribution is 0.0950. The third-order valence-corrected chi connectivity index (χ3v) is 5.83. The van der Waals surface area contributed by atoms with Gasteiger partial charge in [0.15, 0.2) is 10.3 Å². The number of hydrogen-bond acceptors (Lipinski definition) is 7. The van der Waals surface area contributed by atoms with Gasteiger partial charge in [-0.15, -0.1) is 11.3 Å². The van der Waals surface area contributed by atoms with Crippen LogP contribution in [0.4, 0.5) is 10.3 Å². The summed E-state index contributed by atoms with van der Waals surface area (Å²) in [6.45, 7) is 2.59. The fourth-order valence-electron chi connectivity index (χ4n) is 2.79. The van der Waals surface area contributed by atoms with Crippen LogP contribution in [0.15, 0.2) is 23.6 Å². The van der Waals surface area contributed by atoms with Gasteiger partial charge in [0, 0.05) is 24.0 Å². The van der Waals surface area contributed by atoms with Gasteiger partial charge in [0.25, 0.3) is 5.91 Å². The van der Waals surface area contributed by atoms with Gasteiger partial charge in [-0.05, 0) is 31.0 Å². The molecule has 3 heterocycles. The maximum absolute atomic E-state index is 12.3. The number of anilines is 2. The zero-order valence-corrected chi connectivity index (χ0v) is 14.6. The summed E-state index contributed by atoms with van der Waals surface area (Å²) in [6, 6.07) is 5.45. The number of nitrogens with one attached hydrogen (secondary N) is 1. The van der Waals surface area contributed by atoms with Crippen molar-refractivity contribution in [2.45, 2.75) is 19.4 Å². The van der Waals surface area contributed by atoms with Crippen molar-refractivity contribution in [3.05, 3.63) is 34.8 Å². The molecule has 0 saturated carbocycles. The van der Waals surface area contributed by atoms with Gasteiger partial charge >= 0.3 is 0 Å². The Balaban J connectivity index is 1.41. The Kier molecular flexibility index (Phi) is 4.07. The zero-order chi connectivity index (χ0) is 16.5. The lowest BCUT2D eigenvalue weighted by atomic mass is 10.2. The number of nitrogens with two attached hydrogens (primary N) is 1. The van der Waals surface area contributed by atoms with Crippen LogP contribution in [0, 0.1) is 0 Å². The molecule has 0 aliphatic carbocycles. The number of carbonyl (C=O) groups is 1. The van der Waals surface area contributed by atoms with Gasteiger partial charge in [-0.1, -0.05) is 11.3 Å². The molecule has 1 aliphatic heterocycles. The highest BCUT2D eigenvalue weighted by atomic mass is 32.1. The van der Waals surface area contributed by atoms with Crippen molar-refractivity contribution < 1.29 is 4.79 Å². The van der Waals surface area contributed by atoms with E-state index in [0.29, 0.717) is 17.2 Å². The van der Waals surface area contributed by atoms with E-state index in [4.69, 9.17) is 5.73 Å². The lowest BCUT2D eigenvalue weighted by Gasteiger charge is -2.12. The number of rotatable bonds is 4. The van der Waals surface area contributed by atoms with Crippen molar-refractivity contribution in [2.75, 3.05) is 23.7 Å². The van der Waals surface area contributed by atoms with Crippen molar-refractivity contribution in [1.29, 1.82) is 0 Å². The molecule has 1 aliphatic rings. The maximum atomic E-state index is 12.3. The van der Waals surface area contributed by atoms with E-state index in [-0.39, 0.29) is 5.91 Å². The van der Waals surface area contributed by atoms with Crippen molar-refractivity contribution in [1.82, 2.24) is 15.3 Å². The van der Waals surface area contributed by atoms with Gasteiger partial charge in [0.05, 0.1) is 22.5 Å². The van der Waals surface area contributed by atoms with E-state index in [1.54, 1.807) is 23.5 Å². The zero-order valence-electron chi connectivity index (χ0n) is 13.0. The lowest BCUT2D eigenvalue weighted by Crippen LogP contribution is -2.23. The molecular formula is C16H17N5OS2. The predicted molar refractivity (Wildman–Crippen MR) is 98.8 cm³/mol. The minimum absolute atomic E-state index is 0.126. The van der Waals surface area contributed by atoms with Crippen LogP contribution in [0.3, 0.4) is 0 Å². The van der Waals surface area contributed by atoms with E-state index in [2.05, 4.69) is 20.2 Å². The summed E-state index contributed by atoms with van der Waals surface area (Å²) in [5.41, 5.74) is 7.94. The second-order valence-corrected chi connectivity index (χ2v) is 7.63. The number of hydrogen-bond donors (Lipinski definition) is 2. The number of thiazole rings is 2. The molecule has 6 nitrogen and oxygen atoms in total. The molecule has 4 rings (SSSR count). The van der Waals surface area contributed by atoms with Crippen LogP contribution in [-0.4, -0.2) is 29.0 Å². The van der Waals surface area contributed by atoms with Crippen LogP contribution in [-0.2, 0) is 6.54 Å². The van der Waals surface area contributed by atoms with Crippen LogP contribution in [0.2, 0.25) is 0 Å². The Morgan fingerprint density at radius 3 is 2.96 bits per heavy atom. The predicted octanol–water partition coefficient (Wildman–Crippen LogP) is 2.87. The summed E-state index contributed by atoms with van der Waals surface area (Å²) < 4.78 is 0.985. The molecule has 124 valence electrons. The minimum atomic E-state index is -0.126. The van der Waals surface area contributed by atoms with E-state index < -0.39 is 0 Å². The topological polar surface area (TPSA) is 84.1 Å². The van der Waals surface area contributed by atoms with Gasteiger partial charge in [0.2, 0.25) is 0 Å². The van der Waals surface area contributed by atoms with Crippen LogP contribution in [0.25, 0.3) is 10.2 Å². The van der Waals surface area contributed by atoms with Gasteiger partial charge < -0.3 is 16.0 Å². The van der Waals surface area contributed by atoms with E-state index in [1.807, 2.05) is 11.4 Å². The third-order valence-electron chi connectivity index (χ3n) is 4.01. The quantitative estimate of drug-likeness (QED) is 0.748. The summed E-state index contributed by atoms with van der Waals surface area (Å²) in [5, 5.41) is 6.50. The standard InChI is InChI=1S/C16H17N5OS2/c17-15-20-12-7-10(3-4-13(12)24-15)14(22)18-8-11-9-23-16(19-11)21-5-1-2-6-21/h3-4,7,9H,1-2,5-6,8H2,(H2,17,20)(H,18,22). The first-order valence-electron chi connectivity index (χ1n) is 7.83.